The molecule has 1 heterocycles. The third-order valence-corrected chi connectivity index (χ3v) is 16.1. The highest BCUT2D eigenvalue weighted by molar-refractivity contribution is 5.99. The molecule has 0 aromatic carbocycles. The second-order valence-corrected chi connectivity index (χ2v) is 26.1. The number of amides is 11. The Balaban J connectivity index is 4.32. The fourth-order valence-corrected chi connectivity index (χ4v) is 10.7. The van der Waals surface area contributed by atoms with Gasteiger partial charge in [0.2, 0.25) is 65.0 Å². The Kier molecular flexibility index (Phi) is 31.5. The molecule has 0 bridgehead atoms. The SMILES string of the molecule is C/C=C/C[C@@H](C)[C@@H](O)[C@H]1C(=O)N[C@@H](CC)C(=O)N(C)CC(=O)N(C)[C@@H](CC(C)C)C(=O)N[C@H](C(C)C)C(=O)N(C)[C@H](CC(C)C)C(=O)N[C@@H](C)C(=O)N[C@@H](C)C(=O)N(C)[C@@H](CC(C)C)C(=O)N(C)[C@@H](CC(C)C)C(=O)N(C)[C@@H](C(C)C)C(=O)N1C. The number of rotatable bonds is 15. The van der Waals surface area contributed by atoms with Crippen LogP contribution in [0.3, 0.4) is 0 Å². The fourth-order valence-electron chi connectivity index (χ4n) is 10.7. The predicted octanol–water partition coefficient (Wildman–Crippen LogP) is 3.27. The van der Waals surface area contributed by atoms with Crippen molar-refractivity contribution in [1.29, 1.82) is 0 Å². The Morgan fingerprint density at radius 2 is 0.871 bits per heavy atom. The van der Waals surface area contributed by atoms with Gasteiger partial charge >= 0.3 is 0 Å². The normalized spacial score (nSPS) is 26.9. The van der Waals surface area contributed by atoms with Crippen molar-refractivity contribution in [2.24, 2.45) is 41.4 Å². The maximum absolute atomic E-state index is 15.1. The standard InChI is InChI=1S/C62H111N11O12/c1-25-27-28-40(15)52(75)51-56(79)65-43(26-2)58(81)67(18)33-48(74)68(19)44(29-34(3)4)55(78)66-49(38(11)12)61(84)69(20)45(30-35(5)6)54(77)63-41(16)53(76)64-42(17)57(80)70(21)46(31-36(7)8)59(82)71(22)47(32-37(9)10)60(83)72(23)50(39(13)14)62(85)73(51)24/h25,27,34-47,49-52,75H,26,28-33H2,1-24H3,(H,63,77)(H,64,76)(H,65,79)(H,66,78)/b27-25+/t40-,41+,42+,43+,44+,45-,46+,47+,49-,50+,51+,52-/m1/s1. The molecule has 12 atom stereocenters. The molecule has 0 spiro atoms. The number of nitrogens with zero attached hydrogens (tertiary/aromatic N) is 7. The Hall–Kier alpha value is -6.13. The van der Waals surface area contributed by atoms with Gasteiger partial charge in [-0.15, -0.1) is 0 Å². The highest BCUT2D eigenvalue weighted by atomic mass is 16.3. The van der Waals surface area contributed by atoms with Crippen molar-refractivity contribution in [1.82, 2.24) is 55.6 Å². The molecule has 1 aliphatic rings. The van der Waals surface area contributed by atoms with E-state index in [0.29, 0.717) is 6.42 Å². The summed E-state index contributed by atoms with van der Waals surface area (Å²) < 4.78 is 0. The van der Waals surface area contributed by atoms with Crippen LogP contribution >= 0.6 is 0 Å². The topological polar surface area (TPSA) is 279 Å². The summed E-state index contributed by atoms with van der Waals surface area (Å²) in [5, 5.41) is 23.1. The number of hydrogen-bond donors (Lipinski definition) is 5. The van der Waals surface area contributed by atoms with Gasteiger partial charge in [-0.25, -0.2) is 0 Å². The molecular weight excluding hydrogens is 1090 g/mol. The van der Waals surface area contributed by atoms with Gasteiger partial charge in [-0.3, -0.25) is 52.7 Å². The monoisotopic (exact) mass is 1200 g/mol. The Morgan fingerprint density at radius 3 is 1.32 bits per heavy atom. The van der Waals surface area contributed by atoms with Crippen LogP contribution in [-0.2, 0) is 52.7 Å². The lowest BCUT2D eigenvalue weighted by atomic mass is 9.91. The van der Waals surface area contributed by atoms with Crippen LogP contribution in [0.2, 0.25) is 0 Å². The summed E-state index contributed by atoms with van der Waals surface area (Å²) in [5.74, 6) is -9.71. The highest BCUT2D eigenvalue weighted by Crippen LogP contribution is 2.26. The van der Waals surface area contributed by atoms with E-state index in [4.69, 9.17) is 0 Å². The van der Waals surface area contributed by atoms with Crippen LogP contribution in [0.25, 0.3) is 0 Å². The molecule has 85 heavy (non-hydrogen) atoms. The minimum Gasteiger partial charge on any atom is -0.390 e. The van der Waals surface area contributed by atoms with Crippen LogP contribution in [-0.4, -0.2) is 227 Å². The molecule has 0 radical (unpaired) electrons. The number of aliphatic hydroxyl groups excluding tert-OH is 1. The van der Waals surface area contributed by atoms with E-state index < -0.39 is 156 Å². The number of likely N-dealkylation sites (N-methyl/N-ethyl adjacent to an activating group) is 7. The third kappa shape index (κ3) is 21.7. The second kappa shape index (κ2) is 34.9. The minimum atomic E-state index is -1.61. The van der Waals surface area contributed by atoms with Crippen molar-refractivity contribution < 1.29 is 57.8 Å². The highest BCUT2D eigenvalue weighted by Gasteiger charge is 2.45. The fraction of sp³-hybridized carbons (Fsp3) is 0.790. The van der Waals surface area contributed by atoms with Crippen LogP contribution in [0.1, 0.15) is 156 Å². The van der Waals surface area contributed by atoms with E-state index in [-0.39, 0.29) is 55.8 Å². The number of nitrogens with one attached hydrogen (secondary N) is 4. The summed E-state index contributed by atoms with van der Waals surface area (Å²) >= 11 is 0. The first kappa shape index (κ1) is 76.9. The van der Waals surface area contributed by atoms with E-state index in [1.54, 1.807) is 54.5 Å². The molecule has 0 aromatic rings. The quantitative estimate of drug-likeness (QED) is 0.148. The maximum Gasteiger partial charge on any atom is 0.246 e. The molecule has 23 nitrogen and oxygen atoms in total. The lowest BCUT2D eigenvalue weighted by molar-refractivity contribution is -0.157. The largest absolute Gasteiger partial charge is 0.390 e. The molecule has 486 valence electrons. The lowest BCUT2D eigenvalue weighted by Gasteiger charge is -2.41. The van der Waals surface area contributed by atoms with E-state index in [1.165, 1.54) is 87.7 Å². The Labute approximate surface area is 508 Å². The molecule has 0 aromatic heterocycles. The molecule has 23 heteroatoms. The van der Waals surface area contributed by atoms with Crippen molar-refractivity contribution in [3.05, 3.63) is 12.2 Å². The molecule has 1 aliphatic heterocycles. The van der Waals surface area contributed by atoms with Gasteiger partial charge in [0.05, 0.1) is 12.6 Å². The first-order valence-corrected chi connectivity index (χ1v) is 30.6. The number of aliphatic hydroxyl groups is 1. The zero-order valence-corrected chi connectivity index (χ0v) is 56.1. The Bertz CT molecular complexity index is 2330. The number of carbonyl (C=O) groups excluding carboxylic acids is 11. The number of allylic oxidation sites excluding steroid dienone is 2. The molecule has 1 rings (SSSR count). The molecule has 0 unspecified atom stereocenters. The molecular formula is C62H111N11O12. The smallest absolute Gasteiger partial charge is 0.246 e. The summed E-state index contributed by atoms with van der Waals surface area (Å²) in [6.07, 6.45) is 3.04. The average molecular weight is 1200 g/mol. The summed E-state index contributed by atoms with van der Waals surface area (Å²) in [6.45, 7) is 29.3. The van der Waals surface area contributed by atoms with E-state index in [1.807, 2.05) is 61.5 Å². The van der Waals surface area contributed by atoms with Crippen LogP contribution in [0.15, 0.2) is 12.2 Å². The van der Waals surface area contributed by atoms with E-state index in [2.05, 4.69) is 21.3 Å². The number of hydrogen-bond acceptors (Lipinski definition) is 12. The van der Waals surface area contributed by atoms with Crippen LogP contribution < -0.4 is 21.3 Å². The number of carbonyl (C=O) groups is 11. The first-order valence-electron chi connectivity index (χ1n) is 30.6. The lowest BCUT2D eigenvalue weighted by Crippen LogP contribution is -2.63. The molecule has 0 saturated carbocycles. The van der Waals surface area contributed by atoms with Gasteiger partial charge in [0.1, 0.15) is 60.4 Å². The molecule has 11 amide bonds. The van der Waals surface area contributed by atoms with Gasteiger partial charge in [-0.05, 0) is 101 Å². The van der Waals surface area contributed by atoms with Gasteiger partial charge in [0.15, 0.2) is 0 Å². The maximum atomic E-state index is 15.1. The van der Waals surface area contributed by atoms with Crippen molar-refractivity contribution >= 4 is 65.0 Å². The summed E-state index contributed by atoms with van der Waals surface area (Å²) in [5.41, 5.74) is 0. The van der Waals surface area contributed by atoms with Gasteiger partial charge in [0, 0.05) is 49.3 Å². The first-order chi connectivity index (χ1) is 39.2. The van der Waals surface area contributed by atoms with Gasteiger partial charge < -0.3 is 60.7 Å². The zero-order valence-electron chi connectivity index (χ0n) is 56.1. The van der Waals surface area contributed by atoms with Gasteiger partial charge in [-0.2, -0.15) is 0 Å². The summed E-state index contributed by atoms with van der Waals surface area (Å²) in [4.78, 5) is 169. The third-order valence-electron chi connectivity index (χ3n) is 16.1. The van der Waals surface area contributed by atoms with E-state index in [0.717, 1.165) is 9.80 Å². The predicted molar refractivity (Wildman–Crippen MR) is 328 cm³/mol. The van der Waals surface area contributed by atoms with Crippen molar-refractivity contribution in [3.63, 3.8) is 0 Å². The van der Waals surface area contributed by atoms with E-state index >= 15 is 9.59 Å². The molecule has 1 fully saturated rings. The Morgan fingerprint density at radius 1 is 0.459 bits per heavy atom. The minimum absolute atomic E-state index is 0.0229. The molecule has 0 aliphatic carbocycles. The zero-order chi connectivity index (χ0) is 66.0. The van der Waals surface area contributed by atoms with Crippen molar-refractivity contribution in [2.45, 2.75) is 223 Å². The van der Waals surface area contributed by atoms with Gasteiger partial charge in [-0.1, -0.05) is 109 Å². The van der Waals surface area contributed by atoms with Crippen molar-refractivity contribution in [2.75, 3.05) is 55.9 Å². The second-order valence-electron chi connectivity index (χ2n) is 26.1. The van der Waals surface area contributed by atoms with Crippen molar-refractivity contribution in [3.8, 4) is 0 Å². The average Bonchev–Trinajstić information content (AvgIpc) is 3.62. The van der Waals surface area contributed by atoms with E-state index in [9.17, 15) is 48.3 Å². The van der Waals surface area contributed by atoms with Crippen LogP contribution in [0, 0.1) is 41.4 Å². The molecule has 5 N–H and O–H groups in total. The van der Waals surface area contributed by atoms with Crippen LogP contribution in [0.5, 0.6) is 0 Å². The van der Waals surface area contributed by atoms with Crippen LogP contribution in [0.4, 0.5) is 0 Å². The molecule has 1 saturated heterocycles. The summed E-state index contributed by atoms with van der Waals surface area (Å²) in [6, 6.07) is -12.3. The van der Waals surface area contributed by atoms with Gasteiger partial charge in [0.25, 0.3) is 0 Å². The summed E-state index contributed by atoms with van der Waals surface area (Å²) in [7, 11) is 9.92.